The number of hydrogen-bond donors (Lipinski definition) is 3. The molecule has 1 rings (SSSR count). The minimum absolute atomic E-state index is 0.0331. The quantitative estimate of drug-likeness (QED) is 0.576. The maximum absolute atomic E-state index is 11.9. The number of carboxylic acids is 1. The number of sulfonamides is 1. The number of piperidine rings is 1. The summed E-state index contributed by atoms with van der Waals surface area (Å²) < 4.78 is 24.7. The van der Waals surface area contributed by atoms with Crippen molar-refractivity contribution in [1.29, 1.82) is 0 Å². The second kappa shape index (κ2) is 6.71. The minimum Gasteiger partial charge on any atom is -0.479 e. The van der Waals surface area contributed by atoms with Crippen molar-refractivity contribution in [3.05, 3.63) is 0 Å². The predicted molar refractivity (Wildman–Crippen MR) is 75.0 cm³/mol. The summed E-state index contributed by atoms with van der Waals surface area (Å²) in [4.78, 5) is 22.6. The molecule has 9 heteroatoms. The molecule has 1 heterocycles. The molecule has 0 saturated carbocycles. The molecule has 0 radical (unpaired) electrons. The summed E-state index contributed by atoms with van der Waals surface area (Å²) in [6, 6.07) is 0. The summed E-state index contributed by atoms with van der Waals surface area (Å²) in [6.07, 6.45) is 0.778. The summed E-state index contributed by atoms with van der Waals surface area (Å²) in [5.74, 6) is -2.10. The van der Waals surface area contributed by atoms with E-state index in [-0.39, 0.29) is 37.2 Å². The van der Waals surface area contributed by atoms with Gasteiger partial charge in [-0.25, -0.2) is 17.5 Å². The van der Waals surface area contributed by atoms with Crippen molar-refractivity contribution in [3.63, 3.8) is 0 Å². The highest BCUT2D eigenvalue weighted by molar-refractivity contribution is 7.89. The molecule has 1 amide bonds. The minimum atomic E-state index is -3.23. The third-order valence-corrected chi connectivity index (χ3v) is 5.53. The Morgan fingerprint density at radius 1 is 1.33 bits per heavy atom. The van der Waals surface area contributed by atoms with Gasteiger partial charge in [0, 0.05) is 19.0 Å². The molecule has 1 atom stereocenters. The van der Waals surface area contributed by atoms with Gasteiger partial charge >= 0.3 is 5.97 Å². The first-order valence-electron chi connectivity index (χ1n) is 6.81. The van der Waals surface area contributed by atoms with Crippen LogP contribution in [0.1, 0.15) is 26.7 Å². The molecule has 8 nitrogen and oxygen atoms in total. The zero-order valence-corrected chi connectivity index (χ0v) is 13.0. The molecule has 1 fully saturated rings. The Bertz CT molecular complexity index is 494. The zero-order chi connectivity index (χ0) is 16.3. The Kier molecular flexibility index (Phi) is 5.71. The normalized spacial score (nSPS) is 20.7. The van der Waals surface area contributed by atoms with Crippen molar-refractivity contribution in [1.82, 2.24) is 9.62 Å². The van der Waals surface area contributed by atoms with Crippen LogP contribution in [0.2, 0.25) is 0 Å². The molecular weight excluding hydrogens is 300 g/mol. The summed E-state index contributed by atoms with van der Waals surface area (Å²) in [5, 5.41) is 20.7. The molecule has 0 aromatic carbocycles. The fraction of sp³-hybridized carbons (Fsp3) is 0.833. The Labute approximate surface area is 124 Å². The maximum atomic E-state index is 11.9. The molecule has 3 N–H and O–H groups in total. The lowest BCUT2D eigenvalue weighted by Gasteiger charge is -2.30. The smallest absolute Gasteiger partial charge is 0.337 e. The van der Waals surface area contributed by atoms with E-state index in [0.717, 1.165) is 6.92 Å². The van der Waals surface area contributed by atoms with Crippen LogP contribution >= 0.6 is 0 Å². The second-order valence-corrected chi connectivity index (χ2v) is 7.63. The fourth-order valence-electron chi connectivity index (χ4n) is 2.06. The Balaban J connectivity index is 2.48. The number of carbonyl (C=O) groups is 2. The first-order chi connectivity index (χ1) is 9.60. The van der Waals surface area contributed by atoms with Crippen LogP contribution in [0.5, 0.6) is 0 Å². The van der Waals surface area contributed by atoms with Crippen molar-refractivity contribution >= 4 is 21.9 Å². The average Bonchev–Trinajstić information content (AvgIpc) is 2.44. The van der Waals surface area contributed by atoms with E-state index in [0.29, 0.717) is 12.8 Å². The number of aliphatic carboxylic acids is 1. The van der Waals surface area contributed by atoms with Crippen LogP contribution in [-0.2, 0) is 19.6 Å². The number of nitrogens with one attached hydrogen (secondary N) is 1. The van der Waals surface area contributed by atoms with Crippen LogP contribution in [-0.4, -0.2) is 65.8 Å². The fourth-order valence-corrected chi connectivity index (χ4v) is 3.19. The lowest BCUT2D eigenvalue weighted by Crippen LogP contribution is -2.49. The molecule has 0 aromatic rings. The maximum Gasteiger partial charge on any atom is 0.337 e. The van der Waals surface area contributed by atoms with E-state index in [9.17, 15) is 23.1 Å². The zero-order valence-electron chi connectivity index (χ0n) is 12.2. The molecule has 0 bridgehead atoms. The molecule has 0 spiro atoms. The predicted octanol–water partition coefficient (Wildman–Crippen LogP) is -1.00. The van der Waals surface area contributed by atoms with Crippen LogP contribution in [0.25, 0.3) is 0 Å². The molecule has 1 saturated heterocycles. The summed E-state index contributed by atoms with van der Waals surface area (Å²) in [7, 11) is -3.23. The number of aliphatic hydroxyl groups is 1. The molecular formula is C12H22N2O6S. The molecule has 122 valence electrons. The summed E-state index contributed by atoms with van der Waals surface area (Å²) >= 11 is 0. The topological polar surface area (TPSA) is 124 Å². The van der Waals surface area contributed by atoms with Crippen molar-refractivity contribution in [2.75, 3.05) is 25.4 Å². The van der Waals surface area contributed by atoms with Gasteiger partial charge in [0.15, 0.2) is 5.60 Å². The van der Waals surface area contributed by atoms with E-state index in [1.54, 1.807) is 6.92 Å². The number of hydrogen-bond acceptors (Lipinski definition) is 5. The van der Waals surface area contributed by atoms with E-state index >= 15 is 0 Å². The summed E-state index contributed by atoms with van der Waals surface area (Å²) in [5.41, 5.74) is -2.01. The van der Waals surface area contributed by atoms with Crippen LogP contribution in [0, 0.1) is 5.92 Å². The third kappa shape index (κ3) is 4.65. The molecule has 21 heavy (non-hydrogen) atoms. The standard InChI is InChI=1S/C12H22N2O6S/c1-3-21(19,20)14-6-4-9(5-7-14)10(15)13-8-12(2,18)11(16)17/h9,18H,3-8H2,1-2H3,(H,13,15)(H,16,17). The summed E-state index contributed by atoms with van der Waals surface area (Å²) in [6.45, 7) is 2.86. The van der Waals surface area contributed by atoms with E-state index < -0.39 is 21.6 Å². The number of carbonyl (C=O) groups excluding carboxylic acids is 1. The van der Waals surface area contributed by atoms with Gasteiger partial charge in [-0.2, -0.15) is 0 Å². The van der Waals surface area contributed by atoms with Crippen molar-refractivity contribution in [2.24, 2.45) is 5.92 Å². The number of rotatable bonds is 6. The van der Waals surface area contributed by atoms with Gasteiger partial charge in [-0.1, -0.05) is 0 Å². The van der Waals surface area contributed by atoms with Gasteiger partial charge in [0.2, 0.25) is 15.9 Å². The van der Waals surface area contributed by atoms with Gasteiger partial charge in [0.1, 0.15) is 0 Å². The highest BCUT2D eigenvalue weighted by atomic mass is 32.2. The Morgan fingerprint density at radius 3 is 2.29 bits per heavy atom. The number of carboxylic acid groups (broad SMARTS) is 1. The first-order valence-corrected chi connectivity index (χ1v) is 8.42. The molecule has 0 aromatic heterocycles. The van der Waals surface area contributed by atoms with E-state index in [1.807, 2.05) is 0 Å². The van der Waals surface area contributed by atoms with Crippen molar-refractivity contribution < 1.29 is 28.2 Å². The number of nitrogens with zero attached hydrogens (tertiary/aromatic N) is 1. The van der Waals surface area contributed by atoms with Crippen molar-refractivity contribution in [2.45, 2.75) is 32.3 Å². The molecule has 1 unspecified atom stereocenters. The Hall–Kier alpha value is -1.19. The molecule has 1 aliphatic rings. The lowest BCUT2D eigenvalue weighted by molar-refractivity contribution is -0.156. The molecule has 0 aliphatic carbocycles. The van der Waals surface area contributed by atoms with Crippen LogP contribution in [0.3, 0.4) is 0 Å². The van der Waals surface area contributed by atoms with Gasteiger partial charge < -0.3 is 15.5 Å². The van der Waals surface area contributed by atoms with Gasteiger partial charge in [0.25, 0.3) is 0 Å². The van der Waals surface area contributed by atoms with Crippen LogP contribution < -0.4 is 5.32 Å². The largest absolute Gasteiger partial charge is 0.479 e. The Morgan fingerprint density at radius 2 is 1.86 bits per heavy atom. The first kappa shape index (κ1) is 17.9. The lowest BCUT2D eigenvalue weighted by atomic mass is 9.97. The highest BCUT2D eigenvalue weighted by Crippen LogP contribution is 2.20. The SMILES string of the molecule is CCS(=O)(=O)N1CCC(C(=O)NCC(C)(O)C(=O)O)CC1. The van der Waals surface area contributed by atoms with E-state index in [2.05, 4.69) is 5.32 Å². The van der Waals surface area contributed by atoms with E-state index in [1.165, 1.54) is 4.31 Å². The third-order valence-electron chi connectivity index (χ3n) is 3.65. The van der Waals surface area contributed by atoms with Crippen LogP contribution in [0.15, 0.2) is 0 Å². The molecule has 1 aliphatic heterocycles. The number of amides is 1. The second-order valence-electron chi connectivity index (χ2n) is 5.37. The van der Waals surface area contributed by atoms with Gasteiger partial charge in [0.05, 0.1) is 12.3 Å². The van der Waals surface area contributed by atoms with Crippen LogP contribution in [0.4, 0.5) is 0 Å². The van der Waals surface area contributed by atoms with Gasteiger partial charge in [-0.3, -0.25) is 4.79 Å². The van der Waals surface area contributed by atoms with Gasteiger partial charge in [-0.05, 0) is 26.7 Å². The van der Waals surface area contributed by atoms with Gasteiger partial charge in [-0.15, -0.1) is 0 Å². The van der Waals surface area contributed by atoms with Crippen molar-refractivity contribution in [3.8, 4) is 0 Å². The average molecular weight is 322 g/mol. The van der Waals surface area contributed by atoms with E-state index in [4.69, 9.17) is 5.11 Å². The monoisotopic (exact) mass is 322 g/mol. The highest BCUT2D eigenvalue weighted by Gasteiger charge is 2.33.